The van der Waals surface area contributed by atoms with Crippen molar-refractivity contribution in [3.05, 3.63) is 113 Å². The normalized spacial score (nSPS) is 20.5. The zero-order chi connectivity index (χ0) is 35.5. The van der Waals surface area contributed by atoms with Gasteiger partial charge in [0.25, 0.3) is 0 Å². The van der Waals surface area contributed by atoms with Crippen LogP contribution < -0.4 is 20.2 Å². The van der Waals surface area contributed by atoms with Crippen LogP contribution in [-0.2, 0) is 16.9 Å². The van der Waals surface area contributed by atoms with Crippen molar-refractivity contribution in [2.45, 2.75) is 63.5 Å². The van der Waals surface area contributed by atoms with E-state index >= 15 is 0 Å². The van der Waals surface area contributed by atoms with Crippen LogP contribution in [0.2, 0.25) is 0 Å². The van der Waals surface area contributed by atoms with E-state index < -0.39 is 23.3 Å². The number of piperazine rings is 1. The van der Waals surface area contributed by atoms with Crippen LogP contribution in [0.25, 0.3) is 5.69 Å². The molecule has 268 valence electrons. The van der Waals surface area contributed by atoms with Crippen LogP contribution in [0.5, 0.6) is 5.75 Å². The lowest BCUT2D eigenvalue weighted by atomic mass is 9.90. The van der Waals surface area contributed by atoms with E-state index in [2.05, 4.69) is 37.1 Å². The summed E-state index contributed by atoms with van der Waals surface area (Å²) in [5, 5.41) is 18.5. The summed E-state index contributed by atoms with van der Waals surface area (Å²) in [5.41, 5.74) is 1.92. The summed E-state index contributed by atoms with van der Waals surface area (Å²) < 4.78 is 45.7. The van der Waals surface area contributed by atoms with Crippen molar-refractivity contribution in [1.29, 1.82) is 0 Å². The van der Waals surface area contributed by atoms with E-state index in [1.165, 1.54) is 34.0 Å². The highest BCUT2D eigenvalue weighted by Crippen LogP contribution is 2.42. The number of aromatic nitrogens is 6. The number of hydrogen-bond acceptors (Lipinski definition) is 9. The highest BCUT2D eigenvalue weighted by atomic mass is 19.1. The Kier molecular flexibility index (Phi) is 9.87. The maximum Gasteiger partial charge on any atom is 0.350 e. The first-order valence-electron chi connectivity index (χ1n) is 17.4. The van der Waals surface area contributed by atoms with Crippen LogP contribution in [-0.4, -0.2) is 79.2 Å². The third-order valence-electron chi connectivity index (χ3n) is 9.96. The minimum atomic E-state index is -1.02. The molecule has 0 bridgehead atoms. The Labute approximate surface area is 294 Å². The first-order valence-corrected chi connectivity index (χ1v) is 17.4. The molecule has 4 atom stereocenters. The second-order valence-electron chi connectivity index (χ2n) is 13.2. The van der Waals surface area contributed by atoms with E-state index in [9.17, 15) is 18.7 Å². The van der Waals surface area contributed by atoms with Crippen molar-refractivity contribution >= 4 is 11.4 Å². The smallest absolute Gasteiger partial charge is 0.350 e. The topological polar surface area (TPSA) is 116 Å². The van der Waals surface area contributed by atoms with Crippen molar-refractivity contribution in [1.82, 2.24) is 29.1 Å². The zero-order valence-electron chi connectivity index (χ0n) is 28.7. The van der Waals surface area contributed by atoms with Crippen molar-refractivity contribution < 1.29 is 23.4 Å². The van der Waals surface area contributed by atoms with Crippen molar-refractivity contribution in [3.8, 4) is 11.4 Å². The Morgan fingerprint density at radius 1 is 0.941 bits per heavy atom. The van der Waals surface area contributed by atoms with Crippen molar-refractivity contribution in [3.63, 3.8) is 0 Å². The van der Waals surface area contributed by atoms with Crippen LogP contribution >= 0.6 is 0 Å². The number of rotatable bonds is 12. The number of aliphatic hydroxyl groups excluding tert-OH is 1. The predicted molar refractivity (Wildman–Crippen MR) is 187 cm³/mol. The van der Waals surface area contributed by atoms with E-state index in [1.54, 1.807) is 17.9 Å². The van der Waals surface area contributed by atoms with Crippen LogP contribution in [0.4, 0.5) is 20.2 Å². The molecular weight excluding hydrogens is 658 g/mol. The summed E-state index contributed by atoms with van der Waals surface area (Å²) in [4.78, 5) is 21.6. The largest absolute Gasteiger partial charge is 0.491 e. The molecule has 14 heteroatoms. The molecule has 0 saturated carbocycles. The number of aliphatic hydroxyl groups is 1. The first-order chi connectivity index (χ1) is 24.7. The monoisotopic (exact) mass is 700 g/mol. The van der Waals surface area contributed by atoms with Gasteiger partial charge in [-0.15, -0.1) is 0 Å². The molecule has 1 N–H and O–H groups in total. The molecule has 2 fully saturated rings. The fourth-order valence-corrected chi connectivity index (χ4v) is 7.21. The molecule has 0 aliphatic carbocycles. The van der Waals surface area contributed by atoms with Gasteiger partial charge >= 0.3 is 5.69 Å². The summed E-state index contributed by atoms with van der Waals surface area (Å²) >= 11 is 0. The average molecular weight is 701 g/mol. The maximum absolute atomic E-state index is 15.0. The van der Waals surface area contributed by atoms with E-state index in [-0.39, 0.29) is 31.0 Å². The molecule has 0 unspecified atom stereocenters. The Bertz CT molecular complexity index is 1960. The molecule has 2 aliphatic rings. The second kappa shape index (κ2) is 14.6. The van der Waals surface area contributed by atoms with Gasteiger partial charge in [0.1, 0.15) is 48.6 Å². The summed E-state index contributed by atoms with van der Waals surface area (Å²) in [7, 11) is 0. The van der Waals surface area contributed by atoms with Crippen LogP contribution in [0, 0.1) is 11.6 Å². The lowest BCUT2D eigenvalue weighted by Gasteiger charge is -2.37. The van der Waals surface area contributed by atoms with Crippen molar-refractivity contribution in [2.75, 3.05) is 42.6 Å². The van der Waals surface area contributed by atoms with Gasteiger partial charge in [-0.3, -0.25) is 0 Å². The first kappa shape index (κ1) is 34.4. The van der Waals surface area contributed by atoms with Gasteiger partial charge < -0.3 is 24.4 Å². The van der Waals surface area contributed by atoms with Gasteiger partial charge in [0.05, 0.1) is 30.5 Å². The Hall–Kier alpha value is -5.08. The molecule has 3 aromatic carbocycles. The summed E-state index contributed by atoms with van der Waals surface area (Å²) in [6.45, 7) is 7.49. The van der Waals surface area contributed by atoms with Gasteiger partial charge in [0.2, 0.25) is 0 Å². The number of hydrogen-bond donors (Lipinski definition) is 1. The van der Waals surface area contributed by atoms with Crippen molar-refractivity contribution in [2.24, 2.45) is 0 Å². The molecule has 4 heterocycles. The highest BCUT2D eigenvalue weighted by Gasteiger charge is 2.44. The SMILES string of the molecule is CC[C@@H]([C@H](C)O)n1ncn(-c2ccc(N3CCN(c4ccc(OC[C@@H]5CC[C@@](Cn6cncn6)(c6ccc(F)cc6F)O5)cc4)CC3)cc2)c1=O. The summed E-state index contributed by atoms with van der Waals surface area (Å²) in [6, 6.07) is 19.1. The predicted octanol–water partition coefficient (Wildman–Crippen LogP) is 4.72. The fourth-order valence-electron chi connectivity index (χ4n) is 7.21. The van der Waals surface area contributed by atoms with E-state index in [4.69, 9.17) is 9.47 Å². The molecule has 7 rings (SSSR count). The Balaban J connectivity index is 0.923. The van der Waals surface area contributed by atoms with Crippen LogP contribution in [0.3, 0.4) is 0 Å². The standard InChI is InChI=1S/C37H42F2N8O4/c1-3-35(26(2)48)47-36(49)46(25-42-47)30-7-5-28(6-8-30)43-16-18-44(19-17-43)29-9-11-31(12-10-29)50-21-32-14-15-37(51-32,22-45-24-40-23-41-45)33-13-4-27(38)20-34(33)39/h4-13,20,23-26,32,35,48H,3,14-19,21-22H2,1-2H3/t26-,32-,35-,37+/m0/s1. The molecule has 5 aromatic rings. The van der Waals surface area contributed by atoms with Crippen LogP contribution in [0.15, 0.2) is 90.5 Å². The lowest BCUT2D eigenvalue weighted by molar-refractivity contribution is -0.0734. The highest BCUT2D eigenvalue weighted by molar-refractivity contribution is 5.54. The molecule has 2 saturated heterocycles. The third kappa shape index (κ3) is 7.24. The molecule has 51 heavy (non-hydrogen) atoms. The molecule has 2 aliphatic heterocycles. The lowest BCUT2D eigenvalue weighted by Crippen LogP contribution is -2.46. The molecular formula is C37H42F2N8O4. The average Bonchev–Trinajstić information content (AvgIpc) is 3.90. The van der Waals surface area contributed by atoms with Gasteiger partial charge in [0, 0.05) is 49.2 Å². The summed E-state index contributed by atoms with van der Waals surface area (Å²) in [5.74, 6) is -0.575. The van der Waals surface area contributed by atoms with Crippen LogP contribution in [0.1, 0.15) is 44.7 Å². The van der Waals surface area contributed by atoms with E-state index in [1.807, 2.05) is 43.3 Å². The van der Waals surface area contributed by atoms with Gasteiger partial charge in [-0.05, 0) is 80.8 Å². The summed E-state index contributed by atoms with van der Waals surface area (Å²) in [6.07, 6.45) is 5.28. The van der Waals surface area contributed by atoms with E-state index in [0.717, 1.165) is 49.3 Å². The minimum Gasteiger partial charge on any atom is -0.491 e. The second-order valence-corrected chi connectivity index (χ2v) is 13.2. The number of halogens is 2. The van der Waals surface area contributed by atoms with Gasteiger partial charge in [-0.25, -0.2) is 32.5 Å². The van der Waals surface area contributed by atoms with Gasteiger partial charge in [-0.1, -0.05) is 13.0 Å². The molecule has 12 nitrogen and oxygen atoms in total. The zero-order valence-corrected chi connectivity index (χ0v) is 28.7. The number of ether oxygens (including phenoxy) is 2. The molecule has 0 radical (unpaired) electrons. The quantitative estimate of drug-likeness (QED) is 0.198. The molecule has 0 spiro atoms. The minimum absolute atomic E-state index is 0.248. The number of benzene rings is 3. The van der Waals surface area contributed by atoms with Gasteiger partial charge in [0.15, 0.2) is 0 Å². The molecule has 2 aromatic heterocycles. The fraction of sp³-hybridized carbons (Fsp3) is 0.405. The van der Waals surface area contributed by atoms with E-state index in [0.29, 0.717) is 30.6 Å². The Morgan fingerprint density at radius 2 is 1.61 bits per heavy atom. The maximum atomic E-state index is 15.0. The van der Waals surface area contributed by atoms with Gasteiger partial charge in [-0.2, -0.15) is 10.2 Å². The third-order valence-corrected chi connectivity index (χ3v) is 9.96. The number of nitrogens with zero attached hydrogens (tertiary/aromatic N) is 8. The Morgan fingerprint density at radius 3 is 2.22 bits per heavy atom. The number of anilines is 2. The molecule has 0 amide bonds.